The molecule has 0 saturated carbocycles. The van der Waals surface area contributed by atoms with E-state index in [9.17, 15) is 0 Å². The SMILES string of the molecule is Cc1sc(C(C)(C)Cc2ccc(N)cc2)nc1-c1ccccc1. The molecule has 0 saturated heterocycles. The quantitative estimate of drug-likeness (QED) is 0.669. The lowest BCUT2D eigenvalue weighted by Gasteiger charge is -2.22. The minimum absolute atomic E-state index is 0.00142. The van der Waals surface area contributed by atoms with Crippen molar-refractivity contribution in [2.45, 2.75) is 32.6 Å². The third-order valence-corrected chi connectivity index (χ3v) is 5.39. The van der Waals surface area contributed by atoms with Crippen LogP contribution in [0.3, 0.4) is 0 Å². The van der Waals surface area contributed by atoms with Gasteiger partial charge in [0.15, 0.2) is 0 Å². The Morgan fingerprint density at radius 2 is 1.65 bits per heavy atom. The topological polar surface area (TPSA) is 38.9 Å². The Morgan fingerprint density at radius 3 is 2.30 bits per heavy atom. The number of nitrogens with zero attached hydrogens (tertiary/aromatic N) is 1. The van der Waals surface area contributed by atoms with Gasteiger partial charge in [0, 0.05) is 21.5 Å². The van der Waals surface area contributed by atoms with Gasteiger partial charge in [-0.25, -0.2) is 4.98 Å². The number of nitrogens with two attached hydrogens (primary N) is 1. The monoisotopic (exact) mass is 322 g/mol. The molecule has 0 radical (unpaired) electrons. The van der Waals surface area contributed by atoms with Gasteiger partial charge in [-0.2, -0.15) is 0 Å². The highest BCUT2D eigenvalue weighted by molar-refractivity contribution is 7.12. The number of benzene rings is 2. The van der Waals surface area contributed by atoms with E-state index >= 15 is 0 Å². The van der Waals surface area contributed by atoms with Gasteiger partial charge in [0.2, 0.25) is 0 Å². The van der Waals surface area contributed by atoms with Gasteiger partial charge >= 0.3 is 0 Å². The van der Waals surface area contributed by atoms with Crippen molar-refractivity contribution < 1.29 is 0 Å². The Morgan fingerprint density at radius 1 is 1.00 bits per heavy atom. The summed E-state index contributed by atoms with van der Waals surface area (Å²) >= 11 is 1.80. The van der Waals surface area contributed by atoms with Crippen molar-refractivity contribution >= 4 is 17.0 Å². The minimum Gasteiger partial charge on any atom is -0.399 e. The molecule has 3 aromatic rings. The largest absolute Gasteiger partial charge is 0.399 e. The van der Waals surface area contributed by atoms with Crippen LogP contribution in [0.2, 0.25) is 0 Å². The summed E-state index contributed by atoms with van der Waals surface area (Å²) in [5.74, 6) is 0. The summed E-state index contributed by atoms with van der Waals surface area (Å²) in [6, 6.07) is 18.6. The van der Waals surface area contributed by atoms with E-state index in [0.29, 0.717) is 0 Å². The van der Waals surface area contributed by atoms with Crippen LogP contribution in [0, 0.1) is 6.92 Å². The highest BCUT2D eigenvalue weighted by Gasteiger charge is 2.26. The summed E-state index contributed by atoms with van der Waals surface area (Å²) in [5, 5.41) is 1.19. The number of aromatic nitrogens is 1. The van der Waals surface area contributed by atoms with Crippen molar-refractivity contribution in [1.29, 1.82) is 0 Å². The van der Waals surface area contributed by atoms with Crippen LogP contribution < -0.4 is 5.73 Å². The molecule has 0 amide bonds. The maximum absolute atomic E-state index is 5.78. The number of aryl methyl sites for hydroxylation is 1. The summed E-state index contributed by atoms with van der Waals surface area (Å²) < 4.78 is 0. The average Bonchev–Trinajstić information content (AvgIpc) is 2.93. The molecule has 0 bridgehead atoms. The van der Waals surface area contributed by atoms with E-state index in [1.165, 1.54) is 21.0 Å². The first-order chi connectivity index (χ1) is 11.0. The van der Waals surface area contributed by atoms with E-state index in [4.69, 9.17) is 10.7 Å². The van der Waals surface area contributed by atoms with Crippen LogP contribution in [-0.2, 0) is 11.8 Å². The summed E-state index contributed by atoms with van der Waals surface area (Å²) in [7, 11) is 0. The number of hydrogen-bond donors (Lipinski definition) is 1. The highest BCUT2D eigenvalue weighted by Crippen LogP contribution is 2.36. The second kappa shape index (κ2) is 6.17. The van der Waals surface area contributed by atoms with Crippen molar-refractivity contribution in [3.8, 4) is 11.3 Å². The molecule has 3 rings (SSSR count). The van der Waals surface area contributed by atoms with E-state index in [1.54, 1.807) is 11.3 Å². The van der Waals surface area contributed by atoms with Crippen molar-refractivity contribution in [1.82, 2.24) is 4.98 Å². The van der Waals surface area contributed by atoms with Crippen LogP contribution in [0.25, 0.3) is 11.3 Å². The van der Waals surface area contributed by atoms with Crippen LogP contribution in [0.15, 0.2) is 54.6 Å². The summed E-state index contributed by atoms with van der Waals surface area (Å²) in [4.78, 5) is 6.23. The second-order valence-electron chi connectivity index (χ2n) is 6.59. The first kappa shape index (κ1) is 15.8. The standard InChI is InChI=1S/C20H22N2S/c1-14-18(16-7-5-4-6-8-16)22-19(23-14)20(2,3)13-15-9-11-17(21)12-10-15/h4-12H,13,21H2,1-3H3. The van der Waals surface area contributed by atoms with Crippen LogP contribution >= 0.6 is 11.3 Å². The van der Waals surface area contributed by atoms with Gasteiger partial charge < -0.3 is 5.73 Å². The second-order valence-corrected chi connectivity index (χ2v) is 7.80. The smallest absolute Gasteiger partial charge is 0.0994 e. The lowest BCUT2D eigenvalue weighted by atomic mass is 9.86. The van der Waals surface area contributed by atoms with Crippen LogP contribution in [-0.4, -0.2) is 4.98 Å². The van der Waals surface area contributed by atoms with Crippen molar-refractivity contribution in [2.75, 3.05) is 5.73 Å². The highest BCUT2D eigenvalue weighted by atomic mass is 32.1. The molecule has 3 heteroatoms. The number of anilines is 1. The molecule has 0 fully saturated rings. The summed E-state index contributed by atoms with van der Waals surface area (Å²) in [6.45, 7) is 6.68. The Kier molecular flexibility index (Phi) is 4.22. The fourth-order valence-corrected chi connectivity index (χ4v) is 3.81. The number of hydrogen-bond acceptors (Lipinski definition) is 3. The van der Waals surface area contributed by atoms with Crippen LogP contribution in [0.4, 0.5) is 5.69 Å². The molecule has 2 nitrogen and oxygen atoms in total. The maximum Gasteiger partial charge on any atom is 0.0994 e. The van der Waals surface area contributed by atoms with Crippen LogP contribution in [0.1, 0.15) is 29.3 Å². The van der Waals surface area contributed by atoms with Gasteiger partial charge in [0.25, 0.3) is 0 Å². The fraction of sp³-hybridized carbons (Fsp3) is 0.250. The van der Waals surface area contributed by atoms with E-state index < -0.39 is 0 Å². The molecule has 23 heavy (non-hydrogen) atoms. The molecule has 0 spiro atoms. The Labute approximate surface area is 142 Å². The molecule has 118 valence electrons. The minimum atomic E-state index is -0.00142. The predicted octanol–water partition coefficient (Wildman–Crippen LogP) is 5.22. The van der Waals surface area contributed by atoms with Gasteiger partial charge in [-0.1, -0.05) is 56.3 Å². The molecule has 0 atom stereocenters. The van der Waals surface area contributed by atoms with Crippen molar-refractivity contribution in [3.05, 3.63) is 70.0 Å². The van der Waals surface area contributed by atoms with E-state index in [1.807, 2.05) is 18.2 Å². The van der Waals surface area contributed by atoms with Gasteiger partial charge in [-0.05, 0) is 31.0 Å². The molecular weight excluding hydrogens is 300 g/mol. The molecule has 0 aliphatic rings. The maximum atomic E-state index is 5.78. The first-order valence-corrected chi connectivity index (χ1v) is 8.65. The zero-order chi connectivity index (χ0) is 16.4. The van der Waals surface area contributed by atoms with E-state index in [0.717, 1.165) is 17.8 Å². The Hall–Kier alpha value is -2.13. The van der Waals surface area contributed by atoms with E-state index in [2.05, 4.69) is 57.2 Å². The predicted molar refractivity (Wildman–Crippen MR) is 99.9 cm³/mol. The van der Waals surface area contributed by atoms with Gasteiger partial charge in [-0.3, -0.25) is 0 Å². The average molecular weight is 322 g/mol. The zero-order valence-electron chi connectivity index (χ0n) is 13.8. The molecular formula is C20H22N2S. The lowest BCUT2D eigenvalue weighted by Crippen LogP contribution is -2.20. The number of thiazole rings is 1. The number of rotatable bonds is 4. The molecule has 2 aromatic carbocycles. The Balaban J connectivity index is 1.90. The normalized spacial score (nSPS) is 11.6. The molecule has 0 aliphatic carbocycles. The summed E-state index contributed by atoms with van der Waals surface area (Å²) in [5.41, 5.74) is 10.2. The third kappa shape index (κ3) is 3.45. The molecule has 1 aromatic heterocycles. The first-order valence-electron chi connectivity index (χ1n) is 7.83. The third-order valence-electron chi connectivity index (χ3n) is 4.05. The molecule has 2 N–H and O–H groups in total. The van der Waals surface area contributed by atoms with Crippen LogP contribution in [0.5, 0.6) is 0 Å². The zero-order valence-corrected chi connectivity index (χ0v) is 14.7. The molecule has 1 heterocycles. The van der Waals surface area contributed by atoms with Crippen molar-refractivity contribution in [2.24, 2.45) is 0 Å². The van der Waals surface area contributed by atoms with Gasteiger partial charge in [-0.15, -0.1) is 11.3 Å². The van der Waals surface area contributed by atoms with Crippen molar-refractivity contribution in [3.63, 3.8) is 0 Å². The van der Waals surface area contributed by atoms with E-state index in [-0.39, 0.29) is 5.41 Å². The van der Waals surface area contributed by atoms with Gasteiger partial charge in [0.1, 0.15) is 0 Å². The van der Waals surface area contributed by atoms with Gasteiger partial charge in [0.05, 0.1) is 10.7 Å². The molecule has 0 unspecified atom stereocenters. The Bertz CT molecular complexity index is 786. The molecule has 0 aliphatic heterocycles. The number of nitrogen functional groups attached to an aromatic ring is 1. The lowest BCUT2D eigenvalue weighted by molar-refractivity contribution is 0.519. The fourth-order valence-electron chi connectivity index (χ4n) is 2.77. The summed E-state index contributed by atoms with van der Waals surface area (Å²) in [6.07, 6.45) is 0.953.